The van der Waals surface area contributed by atoms with Gasteiger partial charge < -0.3 is 40.8 Å². The fraction of sp³-hybridized carbons (Fsp3) is 0.882. The molecule has 10 nitrogen and oxygen atoms in total. The molecule has 0 saturated heterocycles. The molecule has 0 spiro atoms. The van der Waals surface area contributed by atoms with Crippen molar-refractivity contribution < 1.29 is 33.6 Å². The van der Waals surface area contributed by atoms with Gasteiger partial charge in [0, 0.05) is 6.54 Å². The lowest BCUT2D eigenvalue weighted by Gasteiger charge is -2.12. The second-order valence-electron chi connectivity index (χ2n) is 5.78. The first kappa shape index (κ1) is 25.7. The Hall–Kier alpha value is -1.30. The first-order chi connectivity index (χ1) is 13.1. The van der Waals surface area contributed by atoms with Gasteiger partial charge in [0.1, 0.15) is 0 Å². The van der Waals surface area contributed by atoms with Crippen molar-refractivity contribution in [3.8, 4) is 0 Å². The third kappa shape index (κ3) is 19.3. The second-order valence-corrected chi connectivity index (χ2v) is 5.78. The van der Waals surface area contributed by atoms with Crippen LogP contribution in [0.4, 0.5) is 0 Å². The van der Waals surface area contributed by atoms with Crippen LogP contribution < -0.4 is 16.8 Å². The summed E-state index contributed by atoms with van der Waals surface area (Å²) in [5, 5.41) is 11.2. The van der Waals surface area contributed by atoms with Gasteiger partial charge in [0.15, 0.2) is 0 Å². The van der Waals surface area contributed by atoms with Gasteiger partial charge in [0.2, 0.25) is 5.91 Å². The van der Waals surface area contributed by atoms with Crippen LogP contribution in [0.5, 0.6) is 0 Å². The van der Waals surface area contributed by atoms with Crippen LogP contribution >= 0.6 is 0 Å². The van der Waals surface area contributed by atoms with Crippen LogP contribution in [0.2, 0.25) is 0 Å². The summed E-state index contributed by atoms with van der Waals surface area (Å²) in [5.74, 6) is -1.05. The average Bonchev–Trinajstić information content (AvgIpc) is 2.64. The number of carbonyl (C=O) groups excluding carboxylic acids is 1. The molecule has 27 heavy (non-hydrogen) atoms. The van der Waals surface area contributed by atoms with E-state index in [1.54, 1.807) is 0 Å². The Bertz CT molecular complexity index is 372. The Morgan fingerprint density at radius 3 is 1.89 bits per heavy atom. The number of amides is 1. The number of unbranched alkanes of at least 4 members (excludes halogenated alkanes) is 1. The SMILES string of the molecule is NCCCCC(N)C(=O)NCCOCCOCCOCCOCCC(=O)O. The van der Waals surface area contributed by atoms with E-state index in [-0.39, 0.29) is 18.9 Å². The van der Waals surface area contributed by atoms with E-state index in [1.165, 1.54) is 0 Å². The number of nitrogens with one attached hydrogen (secondary N) is 1. The molecular formula is C17H35N3O7. The van der Waals surface area contributed by atoms with Crippen molar-refractivity contribution >= 4 is 11.9 Å². The average molecular weight is 393 g/mol. The Labute approximate surface area is 160 Å². The summed E-state index contributed by atoms with van der Waals surface area (Å²) in [6, 6.07) is -0.498. The van der Waals surface area contributed by atoms with Gasteiger partial charge in [-0.25, -0.2) is 0 Å². The van der Waals surface area contributed by atoms with Crippen LogP contribution in [-0.4, -0.2) is 89.0 Å². The fourth-order valence-corrected chi connectivity index (χ4v) is 1.94. The summed E-state index contributed by atoms with van der Waals surface area (Å²) in [7, 11) is 0. The molecule has 1 amide bonds. The Morgan fingerprint density at radius 2 is 1.37 bits per heavy atom. The number of rotatable bonds is 20. The molecule has 0 aliphatic carbocycles. The van der Waals surface area contributed by atoms with Crippen LogP contribution in [0.25, 0.3) is 0 Å². The van der Waals surface area contributed by atoms with Gasteiger partial charge in [0.25, 0.3) is 0 Å². The van der Waals surface area contributed by atoms with E-state index >= 15 is 0 Å². The Balaban J connectivity index is 3.22. The van der Waals surface area contributed by atoms with Gasteiger partial charge >= 0.3 is 5.97 Å². The summed E-state index contributed by atoms with van der Waals surface area (Å²) in [4.78, 5) is 21.9. The zero-order valence-electron chi connectivity index (χ0n) is 16.0. The molecular weight excluding hydrogens is 358 g/mol. The smallest absolute Gasteiger partial charge is 0.305 e. The van der Waals surface area contributed by atoms with Crippen LogP contribution in [0.3, 0.4) is 0 Å². The Morgan fingerprint density at radius 1 is 0.852 bits per heavy atom. The van der Waals surface area contributed by atoms with Gasteiger partial charge in [-0.15, -0.1) is 0 Å². The molecule has 0 aliphatic rings. The lowest BCUT2D eigenvalue weighted by molar-refractivity contribution is -0.138. The van der Waals surface area contributed by atoms with E-state index in [9.17, 15) is 9.59 Å². The molecule has 0 bridgehead atoms. The quantitative estimate of drug-likeness (QED) is 0.193. The first-order valence-electron chi connectivity index (χ1n) is 9.34. The third-order valence-electron chi connectivity index (χ3n) is 3.43. The van der Waals surface area contributed by atoms with Crippen molar-refractivity contribution in [3.63, 3.8) is 0 Å². The van der Waals surface area contributed by atoms with Crippen molar-refractivity contribution in [1.29, 1.82) is 0 Å². The maximum atomic E-state index is 11.7. The van der Waals surface area contributed by atoms with Crippen molar-refractivity contribution in [1.82, 2.24) is 5.32 Å². The maximum absolute atomic E-state index is 11.7. The predicted octanol–water partition coefficient (Wildman–Crippen LogP) is -0.900. The lowest BCUT2D eigenvalue weighted by Crippen LogP contribution is -2.41. The predicted molar refractivity (Wildman–Crippen MR) is 99.4 cm³/mol. The standard InChI is InChI=1S/C17H35N3O7/c18-5-2-1-3-15(19)17(23)20-6-8-25-10-12-27-14-13-26-11-9-24-7-4-16(21)22/h15H,1-14,18-19H2,(H,20,23)(H,21,22). The van der Waals surface area contributed by atoms with E-state index in [0.29, 0.717) is 65.8 Å². The number of aliphatic carboxylic acids is 1. The minimum atomic E-state index is -0.879. The molecule has 1 unspecified atom stereocenters. The monoisotopic (exact) mass is 393 g/mol. The highest BCUT2D eigenvalue weighted by Crippen LogP contribution is 1.97. The number of hydrogen-bond donors (Lipinski definition) is 4. The first-order valence-corrected chi connectivity index (χ1v) is 9.34. The number of carboxylic acid groups (broad SMARTS) is 1. The molecule has 0 aromatic rings. The highest BCUT2D eigenvalue weighted by molar-refractivity contribution is 5.81. The molecule has 1 atom stereocenters. The van der Waals surface area contributed by atoms with Crippen LogP contribution in [0.15, 0.2) is 0 Å². The van der Waals surface area contributed by atoms with E-state index in [1.807, 2.05) is 0 Å². The Kier molecular flexibility index (Phi) is 18.5. The van der Waals surface area contributed by atoms with Gasteiger partial charge in [-0.2, -0.15) is 0 Å². The zero-order chi connectivity index (χ0) is 20.2. The van der Waals surface area contributed by atoms with Gasteiger partial charge in [-0.1, -0.05) is 6.42 Å². The molecule has 0 aromatic carbocycles. The summed E-state index contributed by atoms with van der Waals surface area (Å²) >= 11 is 0. The molecule has 0 saturated carbocycles. The van der Waals surface area contributed by atoms with Crippen LogP contribution in [0.1, 0.15) is 25.7 Å². The third-order valence-corrected chi connectivity index (χ3v) is 3.43. The number of carbonyl (C=O) groups is 2. The lowest BCUT2D eigenvalue weighted by atomic mass is 10.1. The molecule has 0 fully saturated rings. The van der Waals surface area contributed by atoms with E-state index in [0.717, 1.165) is 12.8 Å². The van der Waals surface area contributed by atoms with Gasteiger partial charge in [0.05, 0.1) is 65.3 Å². The number of nitrogens with two attached hydrogens (primary N) is 2. The van der Waals surface area contributed by atoms with Crippen molar-refractivity contribution in [2.24, 2.45) is 11.5 Å². The van der Waals surface area contributed by atoms with E-state index in [4.69, 9.17) is 35.5 Å². The van der Waals surface area contributed by atoms with Crippen LogP contribution in [0, 0.1) is 0 Å². The highest BCUT2D eigenvalue weighted by Gasteiger charge is 2.11. The molecule has 0 rings (SSSR count). The topological polar surface area (TPSA) is 155 Å². The molecule has 0 aromatic heterocycles. The number of carboxylic acids is 1. The molecule has 160 valence electrons. The van der Waals surface area contributed by atoms with Crippen LogP contribution in [-0.2, 0) is 28.5 Å². The van der Waals surface area contributed by atoms with Gasteiger partial charge in [-0.05, 0) is 19.4 Å². The highest BCUT2D eigenvalue weighted by atomic mass is 16.6. The number of hydrogen-bond acceptors (Lipinski definition) is 8. The van der Waals surface area contributed by atoms with Crippen molar-refractivity contribution in [2.75, 3.05) is 65.9 Å². The molecule has 10 heteroatoms. The zero-order valence-corrected chi connectivity index (χ0v) is 16.0. The number of ether oxygens (including phenoxy) is 4. The summed E-state index contributed by atoms with van der Waals surface area (Å²) < 4.78 is 21.0. The largest absolute Gasteiger partial charge is 0.481 e. The summed E-state index contributed by atoms with van der Waals surface area (Å²) in [5.41, 5.74) is 11.2. The summed E-state index contributed by atoms with van der Waals surface area (Å²) in [6.07, 6.45) is 2.35. The normalized spacial score (nSPS) is 12.1. The van der Waals surface area contributed by atoms with Crippen molar-refractivity contribution in [3.05, 3.63) is 0 Å². The van der Waals surface area contributed by atoms with Gasteiger partial charge in [-0.3, -0.25) is 9.59 Å². The van der Waals surface area contributed by atoms with E-state index in [2.05, 4.69) is 5.32 Å². The molecule has 0 radical (unpaired) electrons. The fourth-order valence-electron chi connectivity index (χ4n) is 1.94. The molecule has 0 heterocycles. The minimum absolute atomic E-state index is 0.00557. The molecule has 6 N–H and O–H groups in total. The maximum Gasteiger partial charge on any atom is 0.305 e. The van der Waals surface area contributed by atoms with Crippen molar-refractivity contribution in [2.45, 2.75) is 31.7 Å². The van der Waals surface area contributed by atoms with E-state index < -0.39 is 12.0 Å². The summed E-state index contributed by atoms with van der Waals surface area (Å²) in [6.45, 7) is 4.09. The molecule has 0 aliphatic heterocycles. The second kappa shape index (κ2) is 19.5. The minimum Gasteiger partial charge on any atom is -0.481 e.